The van der Waals surface area contributed by atoms with Crippen LogP contribution in [0.4, 0.5) is 0 Å². The first-order valence-electron chi connectivity index (χ1n) is 6.89. The summed E-state index contributed by atoms with van der Waals surface area (Å²) in [6.45, 7) is 9.06. The van der Waals surface area contributed by atoms with E-state index in [0.29, 0.717) is 0 Å². The van der Waals surface area contributed by atoms with Crippen LogP contribution in [0.25, 0.3) is 21.5 Å². The third-order valence-electron chi connectivity index (χ3n) is 3.90. The lowest BCUT2D eigenvalue weighted by Gasteiger charge is -2.22. The van der Waals surface area contributed by atoms with Gasteiger partial charge in [-0.15, -0.1) is 0 Å². The van der Waals surface area contributed by atoms with Crippen LogP contribution in [0.1, 0.15) is 31.9 Å². The normalized spacial score (nSPS) is 12.2. The third-order valence-corrected chi connectivity index (χ3v) is 3.90. The standard InChI is InChI=1S/C19H20/c1-13-11-17-15(12-18(13)19(2,3)4)10-9-14-7-5-6-8-16(14)17/h5-12H,1-4H3. The van der Waals surface area contributed by atoms with Crippen molar-refractivity contribution in [1.82, 2.24) is 0 Å². The monoisotopic (exact) mass is 248 g/mol. The van der Waals surface area contributed by atoms with E-state index in [1.807, 2.05) is 0 Å². The van der Waals surface area contributed by atoms with E-state index >= 15 is 0 Å². The summed E-state index contributed by atoms with van der Waals surface area (Å²) >= 11 is 0. The summed E-state index contributed by atoms with van der Waals surface area (Å²) in [5, 5.41) is 5.37. The Morgan fingerprint density at radius 3 is 2.16 bits per heavy atom. The van der Waals surface area contributed by atoms with Gasteiger partial charge in [-0.1, -0.05) is 69.3 Å². The fourth-order valence-electron chi connectivity index (χ4n) is 2.97. The molecule has 0 amide bonds. The molecule has 96 valence electrons. The van der Waals surface area contributed by atoms with Crippen LogP contribution in [0, 0.1) is 6.92 Å². The zero-order valence-electron chi connectivity index (χ0n) is 12.1. The summed E-state index contributed by atoms with van der Waals surface area (Å²) in [5.41, 5.74) is 3.02. The minimum Gasteiger partial charge on any atom is -0.0616 e. The lowest BCUT2D eigenvalue weighted by atomic mass is 9.82. The fourth-order valence-corrected chi connectivity index (χ4v) is 2.97. The number of hydrogen-bond acceptors (Lipinski definition) is 0. The van der Waals surface area contributed by atoms with Gasteiger partial charge in [0, 0.05) is 0 Å². The first kappa shape index (κ1) is 12.2. The molecule has 0 saturated carbocycles. The van der Waals surface area contributed by atoms with Crippen molar-refractivity contribution in [2.24, 2.45) is 0 Å². The molecule has 0 atom stereocenters. The quantitative estimate of drug-likeness (QED) is 0.454. The molecule has 0 aliphatic rings. The lowest BCUT2D eigenvalue weighted by Crippen LogP contribution is -2.12. The molecular weight excluding hydrogens is 228 g/mol. The van der Waals surface area contributed by atoms with Gasteiger partial charge in [0.2, 0.25) is 0 Å². The van der Waals surface area contributed by atoms with E-state index in [-0.39, 0.29) is 5.41 Å². The molecule has 0 bridgehead atoms. The Hall–Kier alpha value is -1.82. The Kier molecular flexibility index (Phi) is 2.63. The van der Waals surface area contributed by atoms with Crippen LogP contribution < -0.4 is 0 Å². The summed E-state index contributed by atoms with van der Waals surface area (Å²) in [7, 11) is 0. The highest BCUT2D eigenvalue weighted by Gasteiger charge is 2.17. The van der Waals surface area contributed by atoms with E-state index in [4.69, 9.17) is 0 Å². The Balaban J connectivity index is 2.41. The molecule has 3 rings (SSSR count). The molecule has 0 nitrogen and oxygen atoms in total. The van der Waals surface area contributed by atoms with Gasteiger partial charge in [0.15, 0.2) is 0 Å². The molecule has 0 unspecified atom stereocenters. The minimum absolute atomic E-state index is 0.198. The number of hydrogen-bond donors (Lipinski definition) is 0. The number of benzene rings is 3. The maximum atomic E-state index is 2.36. The molecule has 0 aliphatic heterocycles. The molecule has 0 fully saturated rings. The van der Waals surface area contributed by atoms with E-state index in [2.05, 4.69) is 76.2 Å². The third kappa shape index (κ3) is 2.02. The van der Waals surface area contributed by atoms with Crippen LogP contribution in [-0.4, -0.2) is 0 Å². The first-order valence-corrected chi connectivity index (χ1v) is 6.89. The van der Waals surface area contributed by atoms with Crippen molar-refractivity contribution in [2.45, 2.75) is 33.1 Å². The second kappa shape index (κ2) is 4.09. The van der Waals surface area contributed by atoms with Gasteiger partial charge in [-0.05, 0) is 45.0 Å². The summed E-state index contributed by atoms with van der Waals surface area (Å²) in [5.74, 6) is 0. The van der Waals surface area contributed by atoms with Gasteiger partial charge in [0.05, 0.1) is 0 Å². The molecular formula is C19H20. The van der Waals surface area contributed by atoms with Gasteiger partial charge < -0.3 is 0 Å². The molecule has 0 aliphatic carbocycles. The molecule has 0 heteroatoms. The predicted molar refractivity (Wildman–Crippen MR) is 84.9 cm³/mol. The maximum absolute atomic E-state index is 2.36. The van der Waals surface area contributed by atoms with Gasteiger partial charge in [-0.2, -0.15) is 0 Å². The average Bonchev–Trinajstić information content (AvgIpc) is 2.36. The SMILES string of the molecule is Cc1cc2c(ccc3ccccc32)cc1C(C)(C)C. The largest absolute Gasteiger partial charge is 0.0616 e. The number of aryl methyl sites for hydroxylation is 1. The van der Waals surface area contributed by atoms with Crippen LogP contribution in [0.5, 0.6) is 0 Å². The molecule has 0 aromatic heterocycles. The fraction of sp³-hybridized carbons (Fsp3) is 0.263. The first-order chi connectivity index (χ1) is 8.97. The Bertz CT molecular complexity index is 758. The topological polar surface area (TPSA) is 0 Å². The van der Waals surface area contributed by atoms with Crippen molar-refractivity contribution >= 4 is 21.5 Å². The van der Waals surface area contributed by atoms with Crippen molar-refractivity contribution in [3.05, 3.63) is 59.7 Å². The van der Waals surface area contributed by atoms with Crippen LogP contribution >= 0.6 is 0 Å². The number of rotatable bonds is 0. The molecule has 19 heavy (non-hydrogen) atoms. The second-order valence-electron chi connectivity index (χ2n) is 6.42. The van der Waals surface area contributed by atoms with Crippen LogP contribution in [0.15, 0.2) is 48.5 Å². The summed E-state index contributed by atoms with van der Waals surface area (Å²) < 4.78 is 0. The molecule has 0 saturated heterocycles. The van der Waals surface area contributed by atoms with Crippen LogP contribution in [0.2, 0.25) is 0 Å². The van der Waals surface area contributed by atoms with E-state index in [9.17, 15) is 0 Å². The number of fused-ring (bicyclic) bond motifs is 3. The molecule has 0 spiro atoms. The summed E-state index contributed by atoms with van der Waals surface area (Å²) in [6.07, 6.45) is 0. The van der Waals surface area contributed by atoms with E-state index in [1.165, 1.54) is 32.7 Å². The predicted octanol–water partition coefficient (Wildman–Crippen LogP) is 5.60. The van der Waals surface area contributed by atoms with Crippen LogP contribution in [0.3, 0.4) is 0 Å². The van der Waals surface area contributed by atoms with Crippen LogP contribution in [-0.2, 0) is 5.41 Å². The summed E-state index contributed by atoms with van der Waals surface area (Å²) in [6, 6.07) is 17.8. The van der Waals surface area contributed by atoms with Gasteiger partial charge in [0.1, 0.15) is 0 Å². The Labute approximate surface area is 115 Å². The molecule has 3 aromatic carbocycles. The molecule has 0 radical (unpaired) electrons. The van der Waals surface area contributed by atoms with E-state index < -0.39 is 0 Å². The van der Waals surface area contributed by atoms with Crippen molar-refractivity contribution < 1.29 is 0 Å². The highest BCUT2D eigenvalue weighted by Crippen LogP contribution is 2.32. The second-order valence-corrected chi connectivity index (χ2v) is 6.42. The van der Waals surface area contributed by atoms with Gasteiger partial charge in [-0.25, -0.2) is 0 Å². The Morgan fingerprint density at radius 1 is 0.737 bits per heavy atom. The van der Waals surface area contributed by atoms with Crippen molar-refractivity contribution in [1.29, 1.82) is 0 Å². The summed E-state index contributed by atoms with van der Waals surface area (Å²) in [4.78, 5) is 0. The van der Waals surface area contributed by atoms with Crippen molar-refractivity contribution in [2.75, 3.05) is 0 Å². The lowest BCUT2D eigenvalue weighted by molar-refractivity contribution is 0.587. The zero-order valence-corrected chi connectivity index (χ0v) is 12.1. The van der Waals surface area contributed by atoms with Crippen molar-refractivity contribution in [3.63, 3.8) is 0 Å². The average molecular weight is 248 g/mol. The van der Waals surface area contributed by atoms with Gasteiger partial charge >= 0.3 is 0 Å². The molecule has 0 heterocycles. The Morgan fingerprint density at radius 2 is 1.42 bits per heavy atom. The van der Waals surface area contributed by atoms with E-state index in [0.717, 1.165) is 0 Å². The van der Waals surface area contributed by atoms with Gasteiger partial charge in [0.25, 0.3) is 0 Å². The zero-order chi connectivity index (χ0) is 13.6. The minimum atomic E-state index is 0.198. The molecule has 3 aromatic rings. The van der Waals surface area contributed by atoms with E-state index in [1.54, 1.807) is 0 Å². The smallest absolute Gasteiger partial charge is 0.0103 e. The maximum Gasteiger partial charge on any atom is -0.0103 e. The van der Waals surface area contributed by atoms with Gasteiger partial charge in [-0.3, -0.25) is 0 Å². The molecule has 0 N–H and O–H groups in total. The highest BCUT2D eigenvalue weighted by molar-refractivity contribution is 6.07. The highest BCUT2D eigenvalue weighted by atomic mass is 14.2. The van der Waals surface area contributed by atoms with Crippen molar-refractivity contribution in [3.8, 4) is 0 Å².